The van der Waals surface area contributed by atoms with Crippen molar-refractivity contribution < 1.29 is 9.90 Å². The van der Waals surface area contributed by atoms with Crippen molar-refractivity contribution in [2.45, 2.75) is 13.3 Å². The van der Waals surface area contributed by atoms with E-state index >= 15 is 0 Å². The Hall–Kier alpha value is -1.77. The molecule has 80 valence electrons. The topological polar surface area (TPSA) is 49.3 Å². The number of rotatable bonds is 5. The van der Waals surface area contributed by atoms with Crippen LogP contribution in [0, 0.1) is 6.92 Å². The van der Waals surface area contributed by atoms with Crippen molar-refractivity contribution in [3.8, 4) is 0 Å². The van der Waals surface area contributed by atoms with Crippen LogP contribution in [0.25, 0.3) is 0 Å². The van der Waals surface area contributed by atoms with Gasteiger partial charge in [0.25, 0.3) is 0 Å². The highest BCUT2D eigenvalue weighted by Gasteiger charge is 2.08. The Morgan fingerprint density at radius 2 is 2.33 bits per heavy atom. The Morgan fingerprint density at radius 3 is 2.93 bits per heavy atom. The smallest absolute Gasteiger partial charge is 0.337 e. The maximum absolute atomic E-state index is 10.9. The zero-order valence-corrected chi connectivity index (χ0v) is 8.79. The van der Waals surface area contributed by atoms with Crippen molar-refractivity contribution in [1.29, 1.82) is 0 Å². The first-order chi connectivity index (χ1) is 7.15. The first-order valence-electron chi connectivity index (χ1n) is 4.84. The molecule has 0 amide bonds. The number of benzene rings is 1. The largest absolute Gasteiger partial charge is 0.478 e. The van der Waals surface area contributed by atoms with E-state index in [4.69, 9.17) is 5.11 Å². The Bertz CT molecular complexity index is 372. The first kappa shape index (κ1) is 11.3. The Morgan fingerprint density at radius 1 is 1.60 bits per heavy atom. The summed E-state index contributed by atoms with van der Waals surface area (Å²) in [5.41, 5.74) is 1.93. The highest BCUT2D eigenvalue weighted by atomic mass is 16.4. The fourth-order valence-corrected chi connectivity index (χ4v) is 1.30. The molecule has 0 radical (unpaired) electrons. The van der Waals surface area contributed by atoms with Gasteiger partial charge in [-0.3, -0.25) is 0 Å². The van der Waals surface area contributed by atoms with Gasteiger partial charge in [-0.25, -0.2) is 4.79 Å². The molecule has 15 heavy (non-hydrogen) atoms. The van der Waals surface area contributed by atoms with Crippen LogP contribution in [0.5, 0.6) is 0 Å². The first-order valence-corrected chi connectivity index (χ1v) is 4.84. The minimum Gasteiger partial charge on any atom is -0.478 e. The van der Waals surface area contributed by atoms with E-state index in [9.17, 15) is 4.79 Å². The summed E-state index contributed by atoms with van der Waals surface area (Å²) in [6.45, 7) is 6.18. The van der Waals surface area contributed by atoms with Gasteiger partial charge in [-0.15, -0.1) is 6.58 Å². The van der Waals surface area contributed by atoms with Gasteiger partial charge in [0, 0.05) is 12.2 Å². The van der Waals surface area contributed by atoms with Crippen LogP contribution in [0.4, 0.5) is 5.69 Å². The third kappa shape index (κ3) is 3.13. The van der Waals surface area contributed by atoms with Crippen LogP contribution < -0.4 is 5.32 Å². The summed E-state index contributed by atoms with van der Waals surface area (Å²) in [6.07, 6.45) is 2.61. The second-order valence-corrected chi connectivity index (χ2v) is 3.36. The van der Waals surface area contributed by atoms with Crippen LogP contribution in [-0.2, 0) is 0 Å². The molecule has 0 spiro atoms. The van der Waals surface area contributed by atoms with Gasteiger partial charge in [-0.05, 0) is 25.5 Å². The van der Waals surface area contributed by atoms with E-state index in [1.165, 1.54) is 0 Å². The highest BCUT2D eigenvalue weighted by molar-refractivity contribution is 5.94. The molecule has 0 heterocycles. The van der Waals surface area contributed by atoms with Gasteiger partial charge in [-0.1, -0.05) is 17.7 Å². The lowest BCUT2D eigenvalue weighted by molar-refractivity contribution is 0.0698. The molecule has 1 aromatic rings. The van der Waals surface area contributed by atoms with E-state index in [2.05, 4.69) is 11.9 Å². The number of hydrogen-bond donors (Lipinski definition) is 2. The van der Waals surface area contributed by atoms with Crippen LogP contribution in [0.2, 0.25) is 0 Å². The minimum atomic E-state index is -0.903. The molecular weight excluding hydrogens is 190 g/mol. The van der Waals surface area contributed by atoms with Gasteiger partial charge in [0.05, 0.1) is 5.56 Å². The van der Waals surface area contributed by atoms with Gasteiger partial charge in [0.15, 0.2) is 0 Å². The maximum atomic E-state index is 10.9. The maximum Gasteiger partial charge on any atom is 0.337 e. The van der Waals surface area contributed by atoms with Gasteiger partial charge in [0.1, 0.15) is 0 Å². The number of hydrogen-bond acceptors (Lipinski definition) is 2. The number of carbonyl (C=O) groups is 1. The summed E-state index contributed by atoms with van der Waals surface area (Å²) < 4.78 is 0. The van der Waals surface area contributed by atoms with E-state index in [1.807, 2.05) is 13.0 Å². The van der Waals surface area contributed by atoms with Crippen molar-refractivity contribution in [3.05, 3.63) is 42.0 Å². The summed E-state index contributed by atoms with van der Waals surface area (Å²) in [5.74, 6) is -0.903. The summed E-state index contributed by atoms with van der Waals surface area (Å²) in [4.78, 5) is 10.9. The number of carboxylic acids is 1. The SMILES string of the molecule is C=CCCNc1ccc(C)cc1C(=O)O. The Kier molecular flexibility index (Phi) is 3.92. The molecule has 0 saturated heterocycles. The predicted octanol–water partition coefficient (Wildman–Crippen LogP) is 2.68. The fourth-order valence-electron chi connectivity index (χ4n) is 1.30. The Labute approximate surface area is 89.4 Å². The monoisotopic (exact) mass is 205 g/mol. The van der Waals surface area contributed by atoms with Crippen LogP contribution in [0.3, 0.4) is 0 Å². The highest BCUT2D eigenvalue weighted by Crippen LogP contribution is 2.17. The van der Waals surface area contributed by atoms with Crippen molar-refractivity contribution in [3.63, 3.8) is 0 Å². The molecule has 0 saturated carbocycles. The number of aromatic carboxylic acids is 1. The van der Waals surface area contributed by atoms with Crippen LogP contribution in [-0.4, -0.2) is 17.6 Å². The molecule has 0 aromatic heterocycles. The summed E-state index contributed by atoms with van der Waals surface area (Å²) in [7, 11) is 0. The zero-order chi connectivity index (χ0) is 11.3. The third-order valence-corrected chi connectivity index (χ3v) is 2.07. The average Bonchev–Trinajstić information content (AvgIpc) is 2.20. The van der Waals surface area contributed by atoms with E-state index in [0.717, 1.165) is 12.0 Å². The van der Waals surface area contributed by atoms with E-state index in [1.54, 1.807) is 18.2 Å². The minimum absolute atomic E-state index is 0.319. The molecule has 1 rings (SSSR count). The molecule has 1 aromatic carbocycles. The van der Waals surface area contributed by atoms with Crippen molar-refractivity contribution in [1.82, 2.24) is 0 Å². The van der Waals surface area contributed by atoms with Gasteiger partial charge in [0.2, 0.25) is 0 Å². The normalized spacial score (nSPS) is 9.67. The second-order valence-electron chi connectivity index (χ2n) is 3.36. The van der Waals surface area contributed by atoms with Crippen molar-refractivity contribution in [2.75, 3.05) is 11.9 Å². The summed E-state index contributed by atoms with van der Waals surface area (Å²) in [6, 6.07) is 5.35. The lowest BCUT2D eigenvalue weighted by Gasteiger charge is -2.09. The second kappa shape index (κ2) is 5.20. The molecule has 0 aliphatic rings. The van der Waals surface area contributed by atoms with Crippen LogP contribution in [0.1, 0.15) is 22.3 Å². The summed E-state index contributed by atoms with van der Waals surface area (Å²) >= 11 is 0. The average molecular weight is 205 g/mol. The third-order valence-electron chi connectivity index (χ3n) is 2.07. The molecule has 0 atom stereocenters. The lowest BCUT2D eigenvalue weighted by atomic mass is 10.1. The molecule has 0 aliphatic carbocycles. The van der Waals surface area contributed by atoms with E-state index in [0.29, 0.717) is 17.8 Å². The van der Waals surface area contributed by atoms with Gasteiger partial charge < -0.3 is 10.4 Å². The van der Waals surface area contributed by atoms with E-state index in [-0.39, 0.29) is 0 Å². The standard InChI is InChI=1S/C12H15NO2/c1-3-4-7-13-11-6-5-9(2)8-10(11)12(14)15/h3,5-6,8,13H,1,4,7H2,2H3,(H,14,15). The van der Waals surface area contributed by atoms with Crippen LogP contribution in [0.15, 0.2) is 30.9 Å². The predicted molar refractivity (Wildman–Crippen MR) is 61.4 cm³/mol. The zero-order valence-electron chi connectivity index (χ0n) is 8.79. The quantitative estimate of drug-likeness (QED) is 0.574. The molecule has 0 unspecified atom stereocenters. The number of carboxylic acid groups (broad SMARTS) is 1. The molecule has 0 fully saturated rings. The van der Waals surface area contributed by atoms with Crippen LogP contribution >= 0.6 is 0 Å². The molecule has 3 nitrogen and oxygen atoms in total. The molecule has 0 bridgehead atoms. The number of aryl methyl sites for hydroxylation is 1. The Balaban J connectivity index is 2.85. The molecule has 3 heteroatoms. The molecule has 2 N–H and O–H groups in total. The van der Waals surface area contributed by atoms with E-state index < -0.39 is 5.97 Å². The molecular formula is C12H15NO2. The van der Waals surface area contributed by atoms with Crippen molar-refractivity contribution in [2.24, 2.45) is 0 Å². The fraction of sp³-hybridized carbons (Fsp3) is 0.250. The van der Waals surface area contributed by atoms with Gasteiger partial charge >= 0.3 is 5.97 Å². The van der Waals surface area contributed by atoms with Gasteiger partial charge in [-0.2, -0.15) is 0 Å². The number of anilines is 1. The van der Waals surface area contributed by atoms with Crippen molar-refractivity contribution >= 4 is 11.7 Å². The summed E-state index contributed by atoms with van der Waals surface area (Å²) in [5, 5.41) is 12.1. The lowest BCUT2D eigenvalue weighted by Crippen LogP contribution is -2.07. The molecule has 0 aliphatic heterocycles. The number of nitrogens with one attached hydrogen (secondary N) is 1.